The number of rotatable bonds is 7. The topological polar surface area (TPSA) is 150 Å². The molecule has 2 aromatic carbocycles. The molecule has 0 bridgehead atoms. The summed E-state index contributed by atoms with van der Waals surface area (Å²) in [5.74, 6) is 0.0690. The van der Waals surface area contributed by atoms with Crippen molar-refractivity contribution in [3.8, 4) is 11.6 Å². The van der Waals surface area contributed by atoms with E-state index < -0.39 is 15.8 Å². The fourth-order valence-electron chi connectivity index (χ4n) is 2.27. The average Bonchev–Trinajstić information content (AvgIpc) is 2.75. The van der Waals surface area contributed by atoms with Crippen LogP contribution in [0.15, 0.2) is 72.0 Å². The van der Waals surface area contributed by atoms with Crippen molar-refractivity contribution in [1.82, 2.24) is 10.4 Å². The van der Waals surface area contributed by atoms with Crippen LogP contribution in [-0.4, -0.2) is 27.0 Å². The molecule has 0 radical (unpaired) electrons. The van der Waals surface area contributed by atoms with E-state index in [9.17, 15) is 25.0 Å². The summed E-state index contributed by atoms with van der Waals surface area (Å²) in [7, 11) is 0. The van der Waals surface area contributed by atoms with E-state index in [1.165, 1.54) is 36.5 Å². The summed E-state index contributed by atoms with van der Waals surface area (Å²) in [6.45, 7) is 0. The summed E-state index contributed by atoms with van der Waals surface area (Å²) in [5, 5.41) is 25.2. The Morgan fingerprint density at radius 3 is 2.37 bits per heavy atom. The van der Waals surface area contributed by atoms with Gasteiger partial charge in [0.25, 0.3) is 17.3 Å². The van der Waals surface area contributed by atoms with Gasteiger partial charge >= 0.3 is 0 Å². The number of benzene rings is 2. The molecular weight excluding hydrogens is 394 g/mol. The van der Waals surface area contributed by atoms with E-state index in [1.54, 1.807) is 24.3 Å². The molecule has 0 unspecified atom stereocenters. The van der Waals surface area contributed by atoms with Crippen LogP contribution in [0.25, 0.3) is 0 Å². The van der Waals surface area contributed by atoms with Crippen LogP contribution < -0.4 is 10.2 Å². The fourth-order valence-corrected chi connectivity index (χ4v) is 2.27. The third-order valence-electron chi connectivity index (χ3n) is 3.73. The highest BCUT2D eigenvalue weighted by Crippen LogP contribution is 2.21. The number of hydrogen-bond donors (Lipinski definition) is 1. The number of hydrazone groups is 1. The summed E-state index contributed by atoms with van der Waals surface area (Å²) in [6.07, 6.45) is 2.49. The van der Waals surface area contributed by atoms with Gasteiger partial charge in [0.2, 0.25) is 5.88 Å². The molecule has 3 rings (SSSR count). The van der Waals surface area contributed by atoms with Gasteiger partial charge in [-0.05, 0) is 35.9 Å². The molecule has 0 aliphatic heterocycles. The number of amides is 1. The van der Waals surface area contributed by atoms with E-state index in [0.29, 0.717) is 11.3 Å². The van der Waals surface area contributed by atoms with E-state index in [4.69, 9.17) is 4.74 Å². The van der Waals surface area contributed by atoms with Gasteiger partial charge in [-0.15, -0.1) is 0 Å². The van der Waals surface area contributed by atoms with Crippen LogP contribution in [0.3, 0.4) is 0 Å². The Labute approximate surface area is 168 Å². The Hall–Kier alpha value is -4.67. The average molecular weight is 407 g/mol. The molecule has 0 atom stereocenters. The van der Waals surface area contributed by atoms with Crippen molar-refractivity contribution in [2.24, 2.45) is 5.10 Å². The number of hydrogen-bond acceptors (Lipinski definition) is 8. The molecule has 0 aliphatic rings. The number of ether oxygens (including phenoxy) is 1. The number of nitrogens with one attached hydrogen (secondary N) is 1. The third kappa shape index (κ3) is 5.19. The Kier molecular flexibility index (Phi) is 6.03. The van der Waals surface area contributed by atoms with Crippen molar-refractivity contribution in [2.45, 2.75) is 0 Å². The molecule has 150 valence electrons. The number of aromatic nitrogens is 1. The quantitative estimate of drug-likeness (QED) is 0.358. The summed E-state index contributed by atoms with van der Waals surface area (Å²) >= 11 is 0. The lowest BCUT2D eigenvalue weighted by molar-refractivity contribution is -0.385. The van der Waals surface area contributed by atoms with E-state index in [-0.39, 0.29) is 22.8 Å². The normalized spacial score (nSPS) is 10.5. The first-order valence-electron chi connectivity index (χ1n) is 8.38. The molecule has 30 heavy (non-hydrogen) atoms. The second kappa shape index (κ2) is 9.01. The van der Waals surface area contributed by atoms with Crippen LogP contribution in [-0.2, 0) is 0 Å². The first-order valence-corrected chi connectivity index (χ1v) is 8.38. The predicted molar refractivity (Wildman–Crippen MR) is 106 cm³/mol. The van der Waals surface area contributed by atoms with Crippen LogP contribution in [0.2, 0.25) is 0 Å². The van der Waals surface area contributed by atoms with Gasteiger partial charge in [0, 0.05) is 29.8 Å². The van der Waals surface area contributed by atoms with Gasteiger partial charge in [0.1, 0.15) is 11.9 Å². The van der Waals surface area contributed by atoms with Crippen molar-refractivity contribution in [3.63, 3.8) is 0 Å². The Bertz CT molecular complexity index is 1110. The van der Waals surface area contributed by atoms with Gasteiger partial charge in [-0.25, -0.2) is 10.4 Å². The van der Waals surface area contributed by atoms with Gasteiger partial charge in [-0.3, -0.25) is 25.0 Å². The first kappa shape index (κ1) is 20.1. The van der Waals surface area contributed by atoms with E-state index in [2.05, 4.69) is 15.5 Å². The lowest BCUT2D eigenvalue weighted by atomic mass is 10.2. The minimum Gasteiger partial charge on any atom is -0.439 e. The Morgan fingerprint density at radius 2 is 1.73 bits per heavy atom. The summed E-state index contributed by atoms with van der Waals surface area (Å²) < 4.78 is 5.50. The maximum Gasteiger partial charge on any atom is 0.287 e. The largest absolute Gasteiger partial charge is 0.439 e. The van der Waals surface area contributed by atoms with Crippen LogP contribution in [0, 0.1) is 20.2 Å². The second-order valence-electron chi connectivity index (χ2n) is 5.79. The van der Waals surface area contributed by atoms with Gasteiger partial charge in [0.05, 0.1) is 16.1 Å². The number of nitro benzene ring substituents is 1. The third-order valence-corrected chi connectivity index (χ3v) is 3.73. The molecule has 11 heteroatoms. The van der Waals surface area contributed by atoms with Crippen molar-refractivity contribution < 1.29 is 19.4 Å². The SMILES string of the molecule is O=C(NN=Cc1ccc(Oc2ccc([N+](=O)[O-])cn2)cc1)c1cccc([N+](=O)[O-])c1. The highest BCUT2D eigenvalue weighted by Gasteiger charge is 2.10. The minimum absolute atomic E-state index is 0.112. The second-order valence-corrected chi connectivity index (χ2v) is 5.79. The zero-order chi connectivity index (χ0) is 21.5. The number of carbonyl (C=O) groups excluding carboxylic acids is 1. The minimum atomic E-state index is -0.587. The van der Waals surface area contributed by atoms with Gasteiger partial charge in [-0.1, -0.05) is 6.07 Å². The Morgan fingerprint density at radius 1 is 1.00 bits per heavy atom. The number of nitro groups is 2. The number of nitrogens with zero attached hydrogens (tertiary/aromatic N) is 4. The molecule has 1 aromatic heterocycles. The summed E-state index contributed by atoms with van der Waals surface area (Å²) in [6, 6.07) is 14.6. The monoisotopic (exact) mass is 407 g/mol. The zero-order valence-corrected chi connectivity index (χ0v) is 15.2. The van der Waals surface area contributed by atoms with Crippen molar-refractivity contribution in [2.75, 3.05) is 0 Å². The zero-order valence-electron chi connectivity index (χ0n) is 15.2. The highest BCUT2D eigenvalue weighted by molar-refractivity contribution is 5.95. The van der Waals surface area contributed by atoms with Crippen LogP contribution >= 0.6 is 0 Å². The molecule has 1 heterocycles. The molecular formula is C19H13N5O6. The van der Waals surface area contributed by atoms with Crippen molar-refractivity contribution in [1.29, 1.82) is 0 Å². The van der Waals surface area contributed by atoms with E-state index in [0.717, 1.165) is 12.3 Å². The number of carbonyl (C=O) groups is 1. The number of pyridine rings is 1. The summed E-state index contributed by atoms with van der Waals surface area (Å²) in [4.78, 5) is 36.1. The molecule has 0 saturated heterocycles. The predicted octanol–water partition coefficient (Wildman–Crippen LogP) is 3.45. The van der Waals surface area contributed by atoms with Crippen LogP contribution in [0.1, 0.15) is 15.9 Å². The smallest absolute Gasteiger partial charge is 0.287 e. The van der Waals surface area contributed by atoms with E-state index >= 15 is 0 Å². The maximum atomic E-state index is 12.0. The molecule has 0 aliphatic carbocycles. The van der Waals surface area contributed by atoms with Gasteiger partial charge < -0.3 is 4.74 Å². The van der Waals surface area contributed by atoms with Crippen molar-refractivity contribution >= 4 is 23.5 Å². The lowest BCUT2D eigenvalue weighted by Gasteiger charge is -2.04. The lowest BCUT2D eigenvalue weighted by Crippen LogP contribution is -2.17. The van der Waals surface area contributed by atoms with Crippen LogP contribution in [0.4, 0.5) is 11.4 Å². The molecule has 1 N–H and O–H groups in total. The fraction of sp³-hybridized carbons (Fsp3) is 0. The van der Waals surface area contributed by atoms with Gasteiger partial charge in [0.15, 0.2) is 0 Å². The molecule has 0 saturated carbocycles. The Balaban J connectivity index is 1.58. The molecule has 3 aromatic rings. The van der Waals surface area contributed by atoms with Gasteiger partial charge in [-0.2, -0.15) is 5.10 Å². The molecule has 0 fully saturated rings. The van der Waals surface area contributed by atoms with E-state index in [1.807, 2.05) is 0 Å². The first-order chi connectivity index (χ1) is 14.4. The summed E-state index contributed by atoms with van der Waals surface area (Å²) in [5.41, 5.74) is 2.73. The standard InChI is InChI=1S/C19H13N5O6/c25-19(14-2-1-3-15(10-14)23(26)27)22-21-11-13-4-7-17(8-5-13)30-18-9-6-16(12-20-18)24(28)29/h1-12H,(H,22,25). The van der Waals surface area contributed by atoms with Crippen LogP contribution in [0.5, 0.6) is 11.6 Å². The maximum absolute atomic E-state index is 12.0. The molecule has 1 amide bonds. The number of non-ortho nitro benzene ring substituents is 1. The highest BCUT2D eigenvalue weighted by atomic mass is 16.6. The molecule has 0 spiro atoms. The molecule has 11 nitrogen and oxygen atoms in total. The van der Waals surface area contributed by atoms with Crippen molar-refractivity contribution in [3.05, 3.63) is 98.2 Å².